The minimum absolute atomic E-state index is 0.243. The summed E-state index contributed by atoms with van der Waals surface area (Å²) in [5.74, 6) is 0.334. The molecule has 0 radical (unpaired) electrons. The molecule has 108 valence electrons. The van der Waals surface area contributed by atoms with Crippen molar-refractivity contribution < 1.29 is 20.7 Å². The van der Waals surface area contributed by atoms with Crippen molar-refractivity contribution >= 4 is 20.2 Å². The van der Waals surface area contributed by atoms with Crippen molar-refractivity contribution in [1.82, 2.24) is 4.72 Å². The molecule has 1 rings (SSSR count). The Morgan fingerprint density at radius 1 is 1.16 bits per heavy atom. The third kappa shape index (κ3) is 4.88. The van der Waals surface area contributed by atoms with Gasteiger partial charge in [-0.1, -0.05) is 19.9 Å². The van der Waals surface area contributed by atoms with Crippen molar-refractivity contribution in [2.75, 3.05) is 6.54 Å². The smallest absolute Gasteiger partial charge is 0.211 e. The summed E-state index contributed by atoms with van der Waals surface area (Å²) < 4.78 is 60.3. The summed E-state index contributed by atoms with van der Waals surface area (Å²) in [7, 11) is -8.73. The van der Waals surface area contributed by atoms with E-state index in [-0.39, 0.29) is 11.4 Å². The van der Waals surface area contributed by atoms with E-state index in [9.17, 15) is 20.7 Å². The van der Waals surface area contributed by atoms with Crippen molar-refractivity contribution in [2.24, 2.45) is 5.92 Å². The normalized spacial score (nSPS) is 12.8. The Morgan fingerprint density at radius 2 is 1.74 bits per heavy atom. The summed E-state index contributed by atoms with van der Waals surface area (Å²) in [5, 5.41) is 0. The molecule has 8 heteroatoms. The lowest BCUT2D eigenvalue weighted by Gasteiger charge is -2.08. The summed E-state index contributed by atoms with van der Waals surface area (Å²) in [6.07, 6.45) is 0.653. The zero-order chi connectivity index (χ0) is 14.7. The van der Waals surface area contributed by atoms with Crippen molar-refractivity contribution in [2.45, 2.75) is 30.1 Å². The van der Waals surface area contributed by atoms with E-state index < -0.39 is 25.1 Å². The standard InChI is InChI=1S/C11H16FNO4S2/c1-9(2)6-7-13-19(16,17)11-5-3-4-10(8-11)18(12,14)15/h3-5,8-9,13H,6-7H2,1-2H3. The van der Waals surface area contributed by atoms with E-state index in [0.717, 1.165) is 12.1 Å². The van der Waals surface area contributed by atoms with Crippen LogP contribution in [0.3, 0.4) is 0 Å². The lowest BCUT2D eigenvalue weighted by molar-refractivity contribution is 0.550. The van der Waals surface area contributed by atoms with Crippen LogP contribution < -0.4 is 4.72 Å². The van der Waals surface area contributed by atoms with Crippen molar-refractivity contribution in [1.29, 1.82) is 0 Å². The molecular formula is C11H16FNO4S2. The van der Waals surface area contributed by atoms with Gasteiger partial charge in [0.05, 0.1) is 9.79 Å². The average Bonchev–Trinajstić information content (AvgIpc) is 2.27. The maximum Gasteiger partial charge on any atom is 0.332 e. The Balaban J connectivity index is 2.96. The average molecular weight is 309 g/mol. The topological polar surface area (TPSA) is 80.3 Å². The maximum absolute atomic E-state index is 12.8. The Kier molecular flexibility index (Phi) is 5.05. The fourth-order valence-corrected chi connectivity index (χ4v) is 3.03. The molecule has 0 bridgehead atoms. The Morgan fingerprint density at radius 3 is 2.26 bits per heavy atom. The highest BCUT2D eigenvalue weighted by Gasteiger charge is 2.18. The fraction of sp³-hybridized carbons (Fsp3) is 0.455. The second-order valence-electron chi connectivity index (χ2n) is 4.49. The van der Waals surface area contributed by atoms with Gasteiger partial charge in [0.15, 0.2) is 0 Å². The van der Waals surface area contributed by atoms with E-state index >= 15 is 0 Å². The fourth-order valence-electron chi connectivity index (χ4n) is 1.36. The van der Waals surface area contributed by atoms with Gasteiger partial charge >= 0.3 is 10.2 Å². The minimum atomic E-state index is -4.91. The van der Waals surface area contributed by atoms with Gasteiger partial charge in [0.1, 0.15) is 0 Å². The number of hydrogen-bond acceptors (Lipinski definition) is 4. The van der Waals surface area contributed by atoms with Gasteiger partial charge in [-0.15, -0.1) is 3.89 Å². The number of nitrogens with one attached hydrogen (secondary N) is 1. The summed E-state index contributed by atoms with van der Waals surface area (Å²) in [5.41, 5.74) is 0. The summed E-state index contributed by atoms with van der Waals surface area (Å²) in [6, 6.07) is 4.20. The minimum Gasteiger partial charge on any atom is -0.211 e. The number of sulfonamides is 1. The number of rotatable bonds is 6. The molecule has 0 spiro atoms. The second-order valence-corrected chi connectivity index (χ2v) is 7.61. The molecule has 5 nitrogen and oxygen atoms in total. The van der Waals surface area contributed by atoms with E-state index in [4.69, 9.17) is 0 Å². The summed E-state index contributed by atoms with van der Waals surface area (Å²) >= 11 is 0. The van der Waals surface area contributed by atoms with Crippen LogP contribution in [-0.2, 0) is 20.2 Å². The van der Waals surface area contributed by atoms with Gasteiger partial charge in [0.2, 0.25) is 10.0 Å². The molecule has 0 aliphatic rings. The molecule has 1 aromatic carbocycles. The summed E-state index contributed by atoms with van der Waals surface area (Å²) in [4.78, 5) is -0.936. The van der Waals surface area contributed by atoms with Crippen molar-refractivity contribution in [3.05, 3.63) is 24.3 Å². The molecule has 0 unspecified atom stereocenters. The highest BCUT2D eigenvalue weighted by molar-refractivity contribution is 7.89. The van der Waals surface area contributed by atoms with Gasteiger partial charge in [0.25, 0.3) is 0 Å². The first kappa shape index (κ1) is 16.1. The zero-order valence-electron chi connectivity index (χ0n) is 10.6. The van der Waals surface area contributed by atoms with Crippen LogP contribution in [0, 0.1) is 5.92 Å². The van der Waals surface area contributed by atoms with Gasteiger partial charge in [-0.3, -0.25) is 0 Å². The van der Waals surface area contributed by atoms with Crippen LogP contribution in [0.4, 0.5) is 3.89 Å². The van der Waals surface area contributed by atoms with Crippen LogP contribution in [0.15, 0.2) is 34.1 Å². The molecule has 0 heterocycles. The zero-order valence-corrected chi connectivity index (χ0v) is 12.3. The number of benzene rings is 1. The quantitative estimate of drug-likeness (QED) is 0.811. The van der Waals surface area contributed by atoms with Crippen LogP contribution in [-0.4, -0.2) is 23.4 Å². The predicted octanol–water partition coefficient (Wildman–Crippen LogP) is 1.67. The van der Waals surface area contributed by atoms with Gasteiger partial charge < -0.3 is 0 Å². The number of hydrogen-bond donors (Lipinski definition) is 1. The molecule has 0 aliphatic carbocycles. The molecule has 1 N–H and O–H groups in total. The molecular weight excluding hydrogens is 293 g/mol. The molecule has 0 amide bonds. The van der Waals surface area contributed by atoms with Crippen molar-refractivity contribution in [3.8, 4) is 0 Å². The Bertz CT molecular complexity index is 638. The van der Waals surface area contributed by atoms with E-state index in [1.54, 1.807) is 0 Å². The maximum atomic E-state index is 12.8. The van der Waals surface area contributed by atoms with Gasteiger partial charge in [-0.05, 0) is 30.5 Å². The first-order valence-electron chi connectivity index (χ1n) is 5.67. The van der Waals surface area contributed by atoms with E-state index in [2.05, 4.69) is 4.72 Å². The molecule has 0 fully saturated rings. The Labute approximate surface area is 113 Å². The third-order valence-electron chi connectivity index (χ3n) is 2.41. The lowest BCUT2D eigenvalue weighted by atomic mass is 10.1. The van der Waals surface area contributed by atoms with E-state index in [0.29, 0.717) is 12.3 Å². The monoisotopic (exact) mass is 309 g/mol. The highest BCUT2D eigenvalue weighted by Crippen LogP contribution is 2.17. The molecule has 0 saturated carbocycles. The van der Waals surface area contributed by atoms with Crippen LogP contribution >= 0.6 is 0 Å². The summed E-state index contributed by atoms with van der Waals surface area (Å²) in [6.45, 7) is 4.14. The van der Waals surface area contributed by atoms with Crippen LogP contribution in [0.25, 0.3) is 0 Å². The largest absolute Gasteiger partial charge is 0.332 e. The third-order valence-corrected chi connectivity index (χ3v) is 4.69. The van der Waals surface area contributed by atoms with Crippen molar-refractivity contribution in [3.63, 3.8) is 0 Å². The molecule has 0 saturated heterocycles. The first-order chi connectivity index (χ1) is 8.63. The van der Waals surface area contributed by atoms with Gasteiger partial charge in [0, 0.05) is 6.54 Å². The van der Waals surface area contributed by atoms with Crippen LogP contribution in [0.5, 0.6) is 0 Å². The van der Waals surface area contributed by atoms with E-state index in [1.165, 1.54) is 12.1 Å². The molecule has 1 aromatic rings. The molecule has 0 aromatic heterocycles. The second kappa shape index (κ2) is 5.98. The SMILES string of the molecule is CC(C)CCNS(=O)(=O)c1cccc(S(=O)(=O)F)c1. The van der Waals surface area contributed by atoms with Gasteiger partial charge in [-0.2, -0.15) is 8.42 Å². The Hall–Kier alpha value is -0.990. The van der Waals surface area contributed by atoms with Gasteiger partial charge in [-0.25, -0.2) is 13.1 Å². The van der Waals surface area contributed by atoms with E-state index in [1.807, 2.05) is 13.8 Å². The molecule has 0 atom stereocenters. The predicted molar refractivity (Wildman–Crippen MR) is 69.4 cm³/mol. The molecule has 0 aliphatic heterocycles. The lowest BCUT2D eigenvalue weighted by Crippen LogP contribution is -2.25. The molecule has 19 heavy (non-hydrogen) atoms. The van der Waals surface area contributed by atoms with Crippen LogP contribution in [0.2, 0.25) is 0 Å². The number of halogens is 1. The highest BCUT2D eigenvalue weighted by atomic mass is 32.3. The van der Waals surface area contributed by atoms with Crippen LogP contribution in [0.1, 0.15) is 20.3 Å². The first-order valence-corrected chi connectivity index (χ1v) is 8.54.